The van der Waals surface area contributed by atoms with Crippen LogP contribution in [0.4, 0.5) is 0 Å². The third-order valence-electron chi connectivity index (χ3n) is 2.49. The van der Waals surface area contributed by atoms with Crippen molar-refractivity contribution in [2.24, 2.45) is 0 Å². The molecule has 1 N–H and O–H groups in total. The molecule has 0 heterocycles. The van der Waals surface area contributed by atoms with Crippen molar-refractivity contribution in [2.75, 3.05) is 14.2 Å². The van der Waals surface area contributed by atoms with Gasteiger partial charge in [-0.2, -0.15) is 0 Å². The maximum atomic E-state index is 9.70. The van der Waals surface area contributed by atoms with Crippen LogP contribution in [0.2, 0.25) is 0 Å². The summed E-state index contributed by atoms with van der Waals surface area (Å²) >= 11 is 0. The van der Waals surface area contributed by atoms with Crippen LogP contribution >= 0.6 is 0 Å². The number of hydrogen-bond donors (Lipinski definition) is 1. The Labute approximate surface area is 97.0 Å². The lowest BCUT2D eigenvalue weighted by Gasteiger charge is -2.18. The average molecular weight is 224 g/mol. The van der Waals surface area contributed by atoms with Crippen LogP contribution in [0.15, 0.2) is 18.2 Å². The molecule has 1 aromatic rings. The highest BCUT2D eigenvalue weighted by atomic mass is 16.5. The zero-order valence-corrected chi connectivity index (χ0v) is 10.4. The molecule has 0 saturated carbocycles. The molecule has 0 bridgehead atoms. The molecule has 0 amide bonds. The number of aliphatic hydroxyl groups is 1. The predicted molar refractivity (Wildman–Crippen MR) is 64.2 cm³/mol. The molecule has 3 heteroatoms. The highest BCUT2D eigenvalue weighted by molar-refractivity contribution is 5.40. The van der Waals surface area contributed by atoms with E-state index >= 15 is 0 Å². The second-order valence-corrected chi connectivity index (χ2v) is 4.49. The van der Waals surface area contributed by atoms with Gasteiger partial charge in [0.15, 0.2) is 0 Å². The second kappa shape index (κ2) is 5.21. The van der Waals surface area contributed by atoms with Crippen LogP contribution in [0.25, 0.3) is 0 Å². The van der Waals surface area contributed by atoms with Crippen molar-refractivity contribution < 1.29 is 14.6 Å². The van der Waals surface area contributed by atoms with Crippen LogP contribution < -0.4 is 9.47 Å². The molecule has 16 heavy (non-hydrogen) atoms. The van der Waals surface area contributed by atoms with Crippen LogP contribution in [0.3, 0.4) is 0 Å². The van der Waals surface area contributed by atoms with Gasteiger partial charge in [-0.25, -0.2) is 0 Å². The van der Waals surface area contributed by atoms with Gasteiger partial charge in [-0.15, -0.1) is 0 Å². The number of methoxy groups -OCH3 is 2. The molecule has 0 unspecified atom stereocenters. The van der Waals surface area contributed by atoms with Crippen molar-refractivity contribution in [3.05, 3.63) is 23.8 Å². The monoisotopic (exact) mass is 224 g/mol. The Hall–Kier alpha value is -1.22. The van der Waals surface area contributed by atoms with Crippen LogP contribution in [0.1, 0.15) is 25.8 Å². The third-order valence-corrected chi connectivity index (χ3v) is 2.49. The predicted octanol–water partition coefficient (Wildman–Crippen LogP) is 2.41. The summed E-state index contributed by atoms with van der Waals surface area (Å²) in [4.78, 5) is 0. The summed E-state index contributed by atoms with van der Waals surface area (Å²) in [6.45, 7) is 3.61. The van der Waals surface area contributed by atoms with Crippen molar-refractivity contribution in [3.8, 4) is 11.5 Å². The highest BCUT2D eigenvalue weighted by Crippen LogP contribution is 2.26. The zero-order chi connectivity index (χ0) is 12.2. The van der Waals surface area contributed by atoms with E-state index in [-0.39, 0.29) is 0 Å². The maximum absolute atomic E-state index is 9.70. The van der Waals surface area contributed by atoms with Gasteiger partial charge in [0.2, 0.25) is 0 Å². The van der Waals surface area contributed by atoms with Gasteiger partial charge < -0.3 is 14.6 Å². The topological polar surface area (TPSA) is 38.7 Å². The molecular weight excluding hydrogens is 204 g/mol. The van der Waals surface area contributed by atoms with E-state index in [2.05, 4.69) is 0 Å². The summed E-state index contributed by atoms with van der Waals surface area (Å²) in [6.07, 6.45) is 1.46. The van der Waals surface area contributed by atoms with Crippen LogP contribution in [0.5, 0.6) is 11.5 Å². The number of ether oxygens (including phenoxy) is 2. The molecule has 1 rings (SSSR count). The average Bonchev–Trinajstić information content (AvgIpc) is 2.25. The fourth-order valence-corrected chi connectivity index (χ4v) is 1.52. The second-order valence-electron chi connectivity index (χ2n) is 4.49. The molecule has 0 aromatic heterocycles. The Balaban J connectivity index is 2.83. The summed E-state index contributed by atoms with van der Waals surface area (Å²) in [5.74, 6) is 1.65. The van der Waals surface area contributed by atoms with Crippen molar-refractivity contribution in [3.63, 3.8) is 0 Å². The lowest BCUT2D eigenvalue weighted by Crippen LogP contribution is -2.19. The van der Waals surface area contributed by atoms with E-state index in [4.69, 9.17) is 9.47 Å². The number of rotatable bonds is 5. The number of benzene rings is 1. The minimum atomic E-state index is -0.659. The largest absolute Gasteiger partial charge is 0.497 e. The first kappa shape index (κ1) is 12.8. The van der Waals surface area contributed by atoms with Crippen molar-refractivity contribution >= 4 is 0 Å². The molecule has 3 nitrogen and oxygen atoms in total. The normalized spacial score (nSPS) is 11.3. The van der Waals surface area contributed by atoms with Gasteiger partial charge in [0, 0.05) is 0 Å². The van der Waals surface area contributed by atoms with Gasteiger partial charge >= 0.3 is 0 Å². The SMILES string of the molecule is COc1ccc(OC)c(CCC(C)(C)O)c1. The first-order chi connectivity index (χ1) is 7.46. The quantitative estimate of drug-likeness (QED) is 0.834. The molecule has 1 aromatic carbocycles. The van der Waals surface area contributed by atoms with Crippen LogP contribution in [-0.2, 0) is 6.42 Å². The molecule has 90 valence electrons. The summed E-state index contributed by atoms with van der Waals surface area (Å²) in [5.41, 5.74) is 0.401. The van der Waals surface area contributed by atoms with E-state index in [0.717, 1.165) is 23.5 Å². The molecule has 0 aliphatic carbocycles. The summed E-state index contributed by atoms with van der Waals surface area (Å²) < 4.78 is 10.4. The minimum Gasteiger partial charge on any atom is -0.497 e. The first-order valence-corrected chi connectivity index (χ1v) is 5.39. The fourth-order valence-electron chi connectivity index (χ4n) is 1.52. The minimum absolute atomic E-state index is 0.659. The molecule has 0 aliphatic heterocycles. The maximum Gasteiger partial charge on any atom is 0.122 e. The zero-order valence-electron chi connectivity index (χ0n) is 10.4. The van der Waals surface area contributed by atoms with Gasteiger partial charge in [-0.1, -0.05) is 0 Å². The summed E-state index contributed by atoms with van der Waals surface area (Å²) in [6, 6.07) is 5.70. The van der Waals surface area contributed by atoms with E-state index < -0.39 is 5.60 Å². The van der Waals surface area contributed by atoms with Crippen LogP contribution in [-0.4, -0.2) is 24.9 Å². The fraction of sp³-hybridized carbons (Fsp3) is 0.538. The Bertz CT molecular complexity index is 340. The van der Waals surface area contributed by atoms with Gasteiger partial charge in [-0.3, -0.25) is 0 Å². The van der Waals surface area contributed by atoms with E-state index in [9.17, 15) is 5.11 Å². The molecule has 0 fully saturated rings. The summed E-state index contributed by atoms with van der Waals surface area (Å²) in [5, 5.41) is 9.70. The van der Waals surface area contributed by atoms with E-state index in [0.29, 0.717) is 6.42 Å². The molecule has 0 aliphatic rings. The van der Waals surface area contributed by atoms with E-state index in [1.54, 1.807) is 28.1 Å². The number of hydrogen-bond acceptors (Lipinski definition) is 3. The molecule has 0 atom stereocenters. The van der Waals surface area contributed by atoms with Crippen molar-refractivity contribution in [1.29, 1.82) is 0 Å². The Morgan fingerprint density at radius 2 is 1.88 bits per heavy atom. The van der Waals surface area contributed by atoms with Crippen molar-refractivity contribution in [2.45, 2.75) is 32.3 Å². The van der Waals surface area contributed by atoms with Gasteiger partial charge in [0.25, 0.3) is 0 Å². The van der Waals surface area contributed by atoms with Gasteiger partial charge in [0.1, 0.15) is 11.5 Å². The third kappa shape index (κ3) is 3.74. The first-order valence-electron chi connectivity index (χ1n) is 5.39. The van der Waals surface area contributed by atoms with Gasteiger partial charge in [0.05, 0.1) is 19.8 Å². The van der Waals surface area contributed by atoms with Crippen molar-refractivity contribution in [1.82, 2.24) is 0 Å². The Morgan fingerprint density at radius 1 is 1.19 bits per heavy atom. The van der Waals surface area contributed by atoms with Crippen LogP contribution in [0, 0.1) is 0 Å². The Kier molecular flexibility index (Phi) is 4.19. The lowest BCUT2D eigenvalue weighted by atomic mass is 9.98. The number of aryl methyl sites for hydroxylation is 1. The molecular formula is C13H20O3. The molecule has 0 radical (unpaired) electrons. The molecule has 0 spiro atoms. The lowest BCUT2D eigenvalue weighted by molar-refractivity contribution is 0.0712. The Morgan fingerprint density at radius 3 is 2.38 bits per heavy atom. The molecule has 0 saturated heterocycles. The standard InChI is InChI=1S/C13H20O3/c1-13(2,14)8-7-10-9-11(15-3)5-6-12(10)16-4/h5-6,9,14H,7-8H2,1-4H3. The summed E-state index contributed by atoms with van der Waals surface area (Å²) in [7, 11) is 3.29. The highest BCUT2D eigenvalue weighted by Gasteiger charge is 2.14. The smallest absolute Gasteiger partial charge is 0.122 e. The van der Waals surface area contributed by atoms with E-state index in [1.165, 1.54) is 0 Å². The van der Waals surface area contributed by atoms with Gasteiger partial charge in [-0.05, 0) is 50.5 Å². The van der Waals surface area contributed by atoms with E-state index in [1.807, 2.05) is 18.2 Å².